The van der Waals surface area contributed by atoms with Crippen LogP contribution in [0.1, 0.15) is 55.8 Å². The average Bonchev–Trinajstić information content (AvgIpc) is 3.24. The molecule has 1 fully saturated rings. The molecule has 134 valence electrons. The van der Waals surface area contributed by atoms with Crippen molar-refractivity contribution < 1.29 is 13.9 Å². The fourth-order valence-electron chi connectivity index (χ4n) is 3.41. The highest BCUT2D eigenvalue weighted by molar-refractivity contribution is 9.10. The summed E-state index contributed by atoms with van der Waals surface area (Å²) in [6, 6.07) is 11.7. The van der Waals surface area contributed by atoms with Gasteiger partial charge in [0.2, 0.25) is 0 Å². The summed E-state index contributed by atoms with van der Waals surface area (Å²) in [7, 11) is 0. The molecule has 3 rings (SSSR count). The summed E-state index contributed by atoms with van der Waals surface area (Å²) in [6.45, 7) is 4.43. The van der Waals surface area contributed by atoms with E-state index in [1.54, 1.807) is 6.07 Å². The molecule has 0 spiro atoms. The van der Waals surface area contributed by atoms with E-state index in [1.807, 2.05) is 35.2 Å². The number of hydrogen-bond donors (Lipinski definition) is 0. The van der Waals surface area contributed by atoms with Gasteiger partial charge in [-0.15, -0.1) is 0 Å². The predicted molar refractivity (Wildman–Crippen MR) is 101 cm³/mol. The Morgan fingerprint density at radius 2 is 2.04 bits per heavy atom. The number of rotatable bonds is 6. The van der Waals surface area contributed by atoms with Gasteiger partial charge in [-0.1, -0.05) is 34.8 Å². The van der Waals surface area contributed by atoms with Crippen LogP contribution in [0.4, 0.5) is 0 Å². The van der Waals surface area contributed by atoms with Crippen LogP contribution in [-0.2, 0) is 6.61 Å². The second kappa shape index (κ2) is 8.09. The van der Waals surface area contributed by atoms with Crippen LogP contribution in [0.2, 0.25) is 0 Å². The minimum Gasteiger partial charge on any atom is -0.486 e. The standard InChI is InChI=1S/C20H24BrNO3/c1-14(2)22(16-7-3-4-8-16)20(23)19-11-10-18(25-19)13-24-17-9-5-6-15(21)12-17/h5-6,9-12,14,16H,3-4,7-8,13H2,1-2H3. The lowest BCUT2D eigenvalue weighted by atomic mass is 10.1. The van der Waals surface area contributed by atoms with Gasteiger partial charge in [-0.3, -0.25) is 4.79 Å². The first-order chi connectivity index (χ1) is 12.0. The molecule has 1 saturated carbocycles. The summed E-state index contributed by atoms with van der Waals surface area (Å²) in [5, 5.41) is 0. The van der Waals surface area contributed by atoms with Crippen LogP contribution >= 0.6 is 15.9 Å². The number of hydrogen-bond acceptors (Lipinski definition) is 3. The average molecular weight is 406 g/mol. The number of halogens is 1. The van der Waals surface area contributed by atoms with Crippen molar-refractivity contribution in [2.75, 3.05) is 0 Å². The molecule has 5 heteroatoms. The molecular weight excluding hydrogens is 382 g/mol. The maximum atomic E-state index is 12.9. The Bertz CT molecular complexity index is 719. The third-order valence-corrected chi connectivity index (χ3v) is 5.05. The van der Waals surface area contributed by atoms with Crippen molar-refractivity contribution in [3.8, 4) is 5.75 Å². The molecule has 1 aliphatic rings. The molecule has 0 radical (unpaired) electrons. The van der Waals surface area contributed by atoms with Crippen molar-refractivity contribution in [1.29, 1.82) is 0 Å². The van der Waals surface area contributed by atoms with Gasteiger partial charge < -0.3 is 14.1 Å². The van der Waals surface area contributed by atoms with Crippen molar-refractivity contribution >= 4 is 21.8 Å². The van der Waals surface area contributed by atoms with Crippen LogP contribution in [0.25, 0.3) is 0 Å². The second-order valence-corrected chi connectivity index (χ2v) is 7.67. The lowest BCUT2D eigenvalue weighted by molar-refractivity contribution is 0.0576. The Kier molecular flexibility index (Phi) is 5.84. The number of benzene rings is 1. The Morgan fingerprint density at radius 1 is 1.28 bits per heavy atom. The lowest BCUT2D eigenvalue weighted by Crippen LogP contribution is -2.43. The van der Waals surface area contributed by atoms with E-state index >= 15 is 0 Å². The SMILES string of the molecule is CC(C)N(C(=O)c1ccc(COc2cccc(Br)c2)o1)C1CCCC1. The molecule has 4 nitrogen and oxygen atoms in total. The van der Waals surface area contributed by atoms with E-state index in [0.29, 0.717) is 24.2 Å². The summed E-state index contributed by atoms with van der Waals surface area (Å²) >= 11 is 3.42. The number of nitrogens with zero attached hydrogens (tertiary/aromatic N) is 1. The molecule has 2 aromatic rings. The monoisotopic (exact) mass is 405 g/mol. The normalized spacial score (nSPS) is 14.9. The zero-order valence-corrected chi connectivity index (χ0v) is 16.3. The van der Waals surface area contributed by atoms with E-state index in [9.17, 15) is 4.79 Å². The number of ether oxygens (including phenoxy) is 1. The Balaban J connectivity index is 1.66. The van der Waals surface area contributed by atoms with Crippen LogP contribution < -0.4 is 4.74 Å². The maximum Gasteiger partial charge on any atom is 0.290 e. The molecule has 0 atom stereocenters. The summed E-state index contributed by atoms with van der Waals surface area (Å²) in [6.07, 6.45) is 4.57. The highest BCUT2D eigenvalue weighted by Gasteiger charge is 2.30. The largest absolute Gasteiger partial charge is 0.486 e. The predicted octanol–water partition coefficient (Wildman–Crippen LogP) is 5.41. The van der Waals surface area contributed by atoms with E-state index < -0.39 is 0 Å². The number of carbonyl (C=O) groups is 1. The fraction of sp³-hybridized carbons (Fsp3) is 0.450. The minimum atomic E-state index is -0.0180. The highest BCUT2D eigenvalue weighted by Crippen LogP contribution is 2.27. The van der Waals surface area contributed by atoms with Crippen molar-refractivity contribution in [2.24, 2.45) is 0 Å². The summed E-state index contributed by atoms with van der Waals surface area (Å²) in [5.74, 6) is 1.79. The van der Waals surface area contributed by atoms with Crippen LogP contribution in [0, 0.1) is 0 Å². The molecule has 0 unspecified atom stereocenters. The first kappa shape index (κ1) is 18.1. The zero-order valence-electron chi connectivity index (χ0n) is 14.7. The lowest BCUT2D eigenvalue weighted by Gasteiger charge is -2.32. The second-order valence-electron chi connectivity index (χ2n) is 6.76. The zero-order chi connectivity index (χ0) is 17.8. The van der Waals surface area contributed by atoms with E-state index in [-0.39, 0.29) is 11.9 Å². The van der Waals surface area contributed by atoms with E-state index in [4.69, 9.17) is 9.15 Å². The maximum absolute atomic E-state index is 12.9. The van der Waals surface area contributed by atoms with Gasteiger partial charge in [-0.2, -0.15) is 0 Å². The van der Waals surface area contributed by atoms with Crippen molar-refractivity contribution in [3.05, 3.63) is 52.4 Å². The first-order valence-corrected chi connectivity index (χ1v) is 9.63. The van der Waals surface area contributed by atoms with E-state index in [1.165, 1.54) is 12.8 Å². The smallest absolute Gasteiger partial charge is 0.290 e. The van der Waals surface area contributed by atoms with Crippen molar-refractivity contribution in [1.82, 2.24) is 4.90 Å². The molecule has 1 aromatic carbocycles. The molecular formula is C20H24BrNO3. The number of furan rings is 1. The Labute approximate surface area is 157 Å². The molecule has 0 N–H and O–H groups in total. The fourth-order valence-corrected chi connectivity index (χ4v) is 3.79. The third kappa shape index (κ3) is 4.46. The molecule has 1 aromatic heterocycles. The van der Waals surface area contributed by atoms with Gasteiger partial charge in [0, 0.05) is 16.6 Å². The molecule has 0 saturated heterocycles. The number of amides is 1. The van der Waals surface area contributed by atoms with E-state index in [2.05, 4.69) is 29.8 Å². The topological polar surface area (TPSA) is 42.7 Å². The summed E-state index contributed by atoms with van der Waals surface area (Å²) in [5.41, 5.74) is 0. The van der Waals surface area contributed by atoms with Gasteiger partial charge >= 0.3 is 0 Å². The van der Waals surface area contributed by atoms with E-state index in [0.717, 1.165) is 23.1 Å². The summed E-state index contributed by atoms with van der Waals surface area (Å²) < 4.78 is 12.4. The van der Waals surface area contributed by atoms with Gasteiger partial charge in [0.15, 0.2) is 5.76 Å². The Hall–Kier alpha value is -1.75. The van der Waals surface area contributed by atoms with Crippen LogP contribution in [0.3, 0.4) is 0 Å². The third-order valence-electron chi connectivity index (χ3n) is 4.56. The van der Waals surface area contributed by atoms with Gasteiger partial charge in [0.25, 0.3) is 5.91 Å². The summed E-state index contributed by atoms with van der Waals surface area (Å²) in [4.78, 5) is 14.9. The molecule has 0 aliphatic heterocycles. The van der Waals surface area contributed by atoms with Crippen LogP contribution in [0.5, 0.6) is 5.75 Å². The van der Waals surface area contributed by atoms with Gasteiger partial charge in [-0.25, -0.2) is 0 Å². The Morgan fingerprint density at radius 3 is 2.72 bits per heavy atom. The van der Waals surface area contributed by atoms with Gasteiger partial charge in [0.1, 0.15) is 18.1 Å². The molecule has 0 bridgehead atoms. The molecule has 25 heavy (non-hydrogen) atoms. The van der Waals surface area contributed by atoms with Crippen molar-refractivity contribution in [3.63, 3.8) is 0 Å². The minimum absolute atomic E-state index is 0.0180. The van der Waals surface area contributed by atoms with Crippen LogP contribution in [0.15, 0.2) is 45.3 Å². The van der Waals surface area contributed by atoms with Crippen molar-refractivity contribution in [2.45, 2.75) is 58.2 Å². The molecule has 1 heterocycles. The quantitative estimate of drug-likeness (QED) is 0.644. The molecule has 1 aliphatic carbocycles. The molecule has 1 amide bonds. The van der Waals surface area contributed by atoms with Gasteiger partial charge in [0.05, 0.1) is 0 Å². The van der Waals surface area contributed by atoms with Crippen LogP contribution in [-0.4, -0.2) is 22.9 Å². The first-order valence-electron chi connectivity index (χ1n) is 8.84. The highest BCUT2D eigenvalue weighted by atomic mass is 79.9. The number of carbonyl (C=O) groups excluding carboxylic acids is 1. The van der Waals surface area contributed by atoms with Gasteiger partial charge in [-0.05, 0) is 57.0 Å².